The van der Waals surface area contributed by atoms with Crippen LogP contribution in [-0.4, -0.2) is 27.7 Å². The summed E-state index contributed by atoms with van der Waals surface area (Å²) in [4.78, 5) is 15.8. The van der Waals surface area contributed by atoms with Gasteiger partial charge in [-0.1, -0.05) is 50.3 Å². The smallest absolute Gasteiger partial charge is 0.271 e. The van der Waals surface area contributed by atoms with Gasteiger partial charge in [0.15, 0.2) is 4.77 Å². The Bertz CT molecular complexity index is 824. The summed E-state index contributed by atoms with van der Waals surface area (Å²) in [6, 6.07) is 10.1. The van der Waals surface area contributed by atoms with Crippen molar-refractivity contribution in [2.24, 2.45) is 5.92 Å². The molecule has 2 aromatic rings. The molecule has 1 saturated heterocycles. The number of hydrazine groups is 1. The predicted octanol–water partition coefficient (Wildman–Crippen LogP) is 3.43. The standard InChI is InChI=1S/C20H27N5OS/c26-19(17-13-21-20(27)25(17)16-9-5-2-6-10-16)22-18-12-15(23-24-18)11-14-7-3-1-4-8-14/h2,5-6,9-10,13-15,18,23-24H,1,3-4,7-8,11-12H2,(H,21,27)(H,22,26). The van der Waals surface area contributed by atoms with Crippen LogP contribution in [0.25, 0.3) is 5.69 Å². The molecule has 7 heteroatoms. The molecule has 1 aromatic carbocycles. The maximum atomic E-state index is 12.8. The molecule has 0 spiro atoms. The first-order chi connectivity index (χ1) is 13.2. The van der Waals surface area contributed by atoms with Crippen LogP contribution >= 0.6 is 12.2 Å². The molecule has 1 aliphatic heterocycles. The van der Waals surface area contributed by atoms with E-state index in [-0.39, 0.29) is 12.1 Å². The van der Waals surface area contributed by atoms with Crippen LogP contribution in [0.2, 0.25) is 0 Å². The fraction of sp³-hybridized carbons (Fsp3) is 0.500. The molecule has 6 nitrogen and oxygen atoms in total. The Morgan fingerprint density at radius 1 is 1.15 bits per heavy atom. The topological polar surface area (TPSA) is 73.9 Å². The van der Waals surface area contributed by atoms with Crippen molar-refractivity contribution in [3.05, 3.63) is 47.0 Å². The molecule has 1 aromatic heterocycles. The quantitative estimate of drug-likeness (QED) is 0.595. The lowest BCUT2D eigenvalue weighted by Crippen LogP contribution is -2.44. The molecule has 2 heterocycles. The second kappa shape index (κ2) is 8.37. The summed E-state index contributed by atoms with van der Waals surface area (Å²) >= 11 is 5.37. The molecule has 144 valence electrons. The van der Waals surface area contributed by atoms with Gasteiger partial charge in [0.2, 0.25) is 0 Å². The summed E-state index contributed by atoms with van der Waals surface area (Å²) < 4.78 is 2.28. The fourth-order valence-electron chi connectivity index (χ4n) is 4.30. The van der Waals surface area contributed by atoms with Crippen LogP contribution in [0.1, 0.15) is 55.4 Å². The van der Waals surface area contributed by atoms with Gasteiger partial charge in [0.1, 0.15) is 5.69 Å². The second-order valence-electron chi connectivity index (χ2n) is 7.64. The zero-order valence-corrected chi connectivity index (χ0v) is 16.2. The molecule has 1 aliphatic carbocycles. The Kier molecular flexibility index (Phi) is 5.71. The summed E-state index contributed by atoms with van der Waals surface area (Å²) in [7, 11) is 0. The van der Waals surface area contributed by atoms with Crippen LogP contribution in [0.5, 0.6) is 0 Å². The van der Waals surface area contributed by atoms with Crippen molar-refractivity contribution in [1.29, 1.82) is 0 Å². The number of carbonyl (C=O) groups is 1. The minimum Gasteiger partial charge on any atom is -0.336 e. The monoisotopic (exact) mass is 385 g/mol. The van der Waals surface area contributed by atoms with Crippen molar-refractivity contribution in [1.82, 2.24) is 25.7 Å². The number of amides is 1. The number of benzene rings is 1. The molecule has 2 unspecified atom stereocenters. The molecule has 4 rings (SSSR count). The van der Waals surface area contributed by atoms with Gasteiger partial charge in [-0.05, 0) is 43.1 Å². The normalized spacial score (nSPS) is 23.4. The lowest BCUT2D eigenvalue weighted by molar-refractivity contribution is 0.0925. The van der Waals surface area contributed by atoms with E-state index in [1.165, 1.54) is 38.5 Å². The predicted molar refractivity (Wildman–Crippen MR) is 108 cm³/mol. The van der Waals surface area contributed by atoms with E-state index in [0.29, 0.717) is 16.5 Å². The molecule has 1 amide bonds. The molecule has 4 N–H and O–H groups in total. The highest BCUT2D eigenvalue weighted by Gasteiger charge is 2.28. The van der Waals surface area contributed by atoms with Crippen LogP contribution in [0, 0.1) is 10.7 Å². The number of para-hydroxylation sites is 1. The molecule has 0 radical (unpaired) electrons. The first-order valence-corrected chi connectivity index (χ1v) is 10.3. The minimum atomic E-state index is -0.135. The van der Waals surface area contributed by atoms with E-state index >= 15 is 0 Å². The Labute approximate surface area is 164 Å². The van der Waals surface area contributed by atoms with Gasteiger partial charge in [-0.15, -0.1) is 0 Å². The highest BCUT2D eigenvalue weighted by Crippen LogP contribution is 2.28. The Hall–Kier alpha value is -1.96. The van der Waals surface area contributed by atoms with Crippen molar-refractivity contribution in [3.63, 3.8) is 0 Å². The highest BCUT2D eigenvalue weighted by molar-refractivity contribution is 7.71. The van der Waals surface area contributed by atoms with Gasteiger partial charge in [0.25, 0.3) is 5.91 Å². The fourth-order valence-corrected chi connectivity index (χ4v) is 4.56. The Balaban J connectivity index is 1.38. The molecule has 2 fully saturated rings. The van der Waals surface area contributed by atoms with Crippen LogP contribution in [-0.2, 0) is 0 Å². The first-order valence-electron chi connectivity index (χ1n) is 9.88. The minimum absolute atomic E-state index is 0.0706. The van der Waals surface area contributed by atoms with Gasteiger partial charge in [-0.2, -0.15) is 0 Å². The molecular formula is C20H27N5OS. The van der Waals surface area contributed by atoms with Crippen molar-refractivity contribution in [2.75, 3.05) is 0 Å². The van der Waals surface area contributed by atoms with Crippen LogP contribution in [0.4, 0.5) is 0 Å². The van der Waals surface area contributed by atoms with Gasteiger partial charge in [-0.3, -0.25) is 14.8 Å². The van der Waals surface area contributed by atoms with E-state index < -0.39 is 0 Å². The largest absolute Gasteiger partial charge is 0.336 e. The number of hydrogen-bond donors (Lipinski definition) is 4. The van der Waals surface area contributed by atoms with E-state index in [0.717, 1.165) is 18.0 Å². The van der Waals surface area contributed by atoms with E-state index in [2.05, 4.69) is 21.2 Å². The third kappa shape index (κ3) is 4.31. The number of nitrogens with zero attached hydrogens (tertiary/aromatic N) is 1. The SMILES string of the molecule is O=C(NC1CC(CC2CCCCC2)NN1)c1c[nH]c(=S)n1-c1ccccc1. The van der Waals surface area contributed by atoms with Crippen LogP contribution in [0.15, 0.2) is 36.5 Å². The second-order valence-corrected chi connectivity index (χ2v) is 8.02. The molecular weight excluding hydrogens is 358 g/mol. The van der Waals surface area contributed by atoms with Crippen molar-refractivity contribution >= 4 is 18.1 Å². The maximum Gasteiger partial charge on any atom is 0.271 e. The number of nitrogens with one attached hydrogen (secondary N) is 4. The van der Waals surface area contributed by atoms with E-state index in [1.807, 2.05) is 30.3 Å². The molecule has 0 bridgehead atoms. The lowest BCUT2D eigenvalue weighted by atomic mass is 9.84. The van der Waals surface area contributed by atoms with Gasteiger partial charge in [-0.25, -0.2) is 5.43 Å². The molecule has 2 aliphatic rings. The van der Waals surface area contributed by atoms with E-state index in [1.54, 1.807) is 10.8 Å². The van der Waals surface area contributed by atoms with Gasteiger partial charge >= 0.3 is 0 Å². The maximum absolute atomic E-state index is 12.8. The third-order valence-electron chi connectivity index (χ3n) is 5.65. The van der Waals surface area contributed by atoms with Gasteiger partial charge in [0.05, 0.1) is 6.17 Å². The van der Waals surface area contributed by atoms with Crippen LogP contribution in [0.3, 0.4) is 0 Å². The number of rotatable bonds is 5. The van der Waals surface area contributed by atoms with E-state index in [9.17, 15) is 4.79 Å². The summed E-state index contributed by atoms with van der Waals surface area (Å²) in [5, 5.41) is 3.09. The number of aromatic nitrogens is 2. The summed E-state index contributed by atoms with van der Waals surface area (Å²) in [6.45, 7) is 0. The van der Waals surface area contributed by atoms with Crippen molar-refractivity contribution in [3.8, 4) is 5.69 Å². The molecule has 2 atom stereocenters. The molecule has 1 saturated carbocycles. The summed E-state index contributed by atoms with van der Waals surface area (Å²) in [5.74, 6) is 0.684. The third-order valence-corrected chi connectivity index (χ3v) is 5.95. The Morgan fingerprint density at radius 3 is 2.70 bits per heavy atom. The number of H-pyrrole nitrogens is 1. The van der Waals surface area contributed by atoms with E-state index in [4.69, 9.17) is 12.2 Å². The van der Waals surface area contributed by atoms with Crippen molar-refractivity contribution < 1.29 is 4.79 Å². The zero-order valence-electron chi connectivity index (χ0n) is 15.4. The number of carbonyl (C=O) groups excluding carboxylic acids is 1. The summed E-state index contributed by atoms with van der Waals surface area (Å²) in [6.07, 6.45) is 10.5. The average Bonchev–Trinajstić information content (AvgIpc) is 3.29. The van der Waals surface area contributed by atoms with Gasteiger partial charge in [0, 0.05) is 17.9 Å². The first kappa shape index (κ1) is 18.4. The lowest BCUT2D eigenvalue weighted by Gasteiger charge is -2.24. The van der Waals surface area contributed by atoms with Gasteiger partial charge < -0.3 is 10.3 Å². The molecule has 27 heavy (non-hydrogen) atoms. The summed E-state index contributed by atoms with van der Waals surface area (Å²) in [5.41, 5.74) is 7.99. The van der Waals surface area contributed by atoms with Crippen LogP contribution < -0.4 is 16.2 Å². The number of aromatic amines is 1. The average molecular weight is 386 g/mol. The number of imidazole rings is 1. The Morgan fingerprint density at radius 2 is 1.93 bits per heavy atom. The zero-order chi connectivity index (χ0) is 18.6. The van der Waals surface area contributed by atoms with Crippen molar-refractivity contribution in [2.45, 2.75) is 57.2 Å². The highest BCUT2D eigenvalue weighted by atomic mass is 32.1. The number of hydrogen-bond acceptors (Lipinski definition) is 4.